The van der Waals surface area contributed by atoms with Crippen LogP contribution in [0.1, 0.15) is 40.6 Å². The van der Waals surface area contributed by atoms with Gasteiger partial charge in [-0.25, -0.2) is 12.8 Å². The normalized spacial score (nSPS) is 17.3. The molecule has 0 radical (unpaired) electrons. The van der Waals surface area contributed by atoms with E-state index in [4.69, 9.17) is 5.73 Å². The van der Waals surface area contributed by atoms with E-state index in [0.29, 0.717) is 37.4 Å². The number of nitrogens with one attached hydrogen (secondary N) is 1. The second-order valence-electron chi connectivity index (χ2n) is 8.38. The van der Waals surface area contributed by atoms with Crippen LogP contribution in [0, 0.1) is 11.7 Å². The van der Waals surface area contributed by atoms with E-state index in [2.05, 4.69) is 5.32 Å². The fraction of sp³-hybridized carbons (Fsp3) is 0.409. The van der Waals surface area contributed by atoms with Crippen molar-refractivity contribution in [2.24, 2.45) is 11.7 Å². The maximum atomic E-state index is 13.1. The van der Waals surface area contributed by atoms with E-state index in [0.717, 1.165) is 22.6 Å². The van der Waals surface area contributed by atoms with E-state index in [1.54, 1.807) is 4.90 Å². The number of nitrogens with zero attached hydrogens (tertiary/aromatic N) is 2. The Hall–Kier alpha value is -2.83. The minimum absolute atomic E-state index is 0.00618. The van der Waals surface area contributed by atoms with Gasteiger partial charge in [0.25, 0.3) is 5.91 Å². The Morgan fingerprint density at radius 1 is 1.12 bits per heavy atom. The first kappa shape index (κ1) is 24.3. The Morgan fingerprint density at radius 2 is 1.76 bits per heavy atom. The standard InChI is InChI=1S/C22H25FN4O5S2/c1-13(28)26-9-8-17-18(12-26)33-22(19(17)20(24)29)25-21(30)14-6-10-27(11-7-14)34(31,32)16-4-2-15(23)3-5-16/h2-5,14H,6-12H2,1H3,(H2,24,29)(H,25,30). The fourth-order valence-corrected chi connectivity index (χ4v) is 7.09. The number of sulfonamides is 1. The second-order valence-corrected chi connectivity index (χ2v) is 11.4. The molecule has 1 aromatic heterocycles. The number of amides is 3. The summed E-state index contributed by atoms with van der Waals surface area (Å²) in [7, 11) is -3.78. The van der Waals surface area contributed by atoms with Gasteiger partial charge in [0.05, 0.1) is 17.0 Å². The van der Waals surface area contributed by atoms with Crippen molar-refractivity contribution in [2.45, 2.75) is 37.6 Å². The number of halogens is 1. The van der Waals surface area contributed by atoms with Gasteiger partial charge in [0, 0.05) is 37.4 Å². The van der Waals surface area contributed by atoms with Crippen LogP contribution >= 0.6 is 11.3 Å². The van der Waals surface area contributed by atoms with Crippen molar-refractivity contribution in [2.75, 3.05) is 25.0 Å². The minimum Gasteiger partial charge on any atom is -0.365 e. The third-order valence-corrected chi connectivity index (χ3v) is 9.31. The highest BCUT2D eigenvalue weighted by Gasteiger charge is 2.34. The molecule has 182 valence electrons. The predicted octanol–water partition coefficient (Wildman–Crippen LogP) is 1.93. The molecule has 4 rings (SSSR count). The Kier molecular flexibility index (Phi) is 6.74. The highest BCUT2D eigenvalue weighted by molar-refractivity contribution is 7.89. The van der Waals surface area contributed by atoms with Crippen LogP contribution < -0.4 is 11.1 Å². The number of benzene rings is 1. The number of piperidine rings is 1. The number of hydrogen-bond acceptors (Lipinski definition) is 6. The lowest BCUT2D eigenvalue weighted by molar-refractivity contribution is -0.129. The third kappa shape index (κ3) is 4.70. The van der Waals surface area contributed by atoms with Gasteiger partial charge in [0.15, 0.2) is 0 Å². The smallest absolute Gasteiger partial charge is 0.251 e. The molecule has 1 fully saturated rings. The first-order chi connectivity index (χ1) is 16.1. The molecule has 0 spiro atoms. The van der Waals surface area contributed by atoms with Crippen LogP contribution in [0.2, 0.25) is 0 Å². The molecule has 0 aliphatic carbocycles. The highest BCUT2D eigenvalue weighted by Crippen LogP contribution is 2.37. The van der Waals surface area contributed by atoms with Gasteiger partial charge < -0.3 is 16.0 Å². The van der Waals surface area contributed by atoms with Crippen LogP contribution in [0.25, 0.3) is 0 Å². The third-order valence-electron chi connectivity index (χ3n) is 6.26. The van der Waals surface area contributed by atoms with Gasteiger partial charge in [0.2, 0.25) is 21.8 Å². The van der Waals surface area contributed by atoms with Crippen LogP contribution in [0.5, 0.6) is 0 Å². The fourth-order valence-electron chi connectivity index (χ4n) is 4.35. The lowest BCUT2D eigenvalue weighted by Crippen LogP contribution is -2.41. The van der Waals surface area contributed by atoms with E-state index in [1.165, 1.54) is 34.7 Å². The molecule has 9 nitrogen and oxygen atoms in total. The van der Waals surface area contributed by atoms with Crippen molar-refractivity contribution < 1.29 is 27.2 Å². The number of thiophene rings is 1. The molecule has 34 heavy (non-hydrogen) atoms. The Morgan fingerprint density at radius 3 is 2.35 bits per heavy atom. The second kappa shape index (κ2) is 9.43. The molecule has 1 aromatic carbocycles. The summed E-state index contributed by atoms with van der Waals surface area (Å²) in [5.74, 6) is -1.96. The maximum Gasteiger partial charge on any atom is 0.251 e. The minimum atomic E-state index is -3.78. The first-order valence-electron chi connectivity index (χ1n) is 10.8. The van der Waals surface area contributed by atoms with E-state index >= 15 is 0 Å². The summed E-state index contributed by atoms with van der Waals surface area (Å²) in [4.78, 5) is 39.3. The lowest BCUT2D eigenvalue weighted by Gasteiger charge is -2.30. The SMILES string of the molecule is CC(=O)N1CCc2c(sc(NC(=O)C3CCN(S(=O)(=O)c4ccc(F)cc4)CC3)c2C(N)=O)C1. The molecular formula is C22H25FN4O5S2. The number of fused-ring (bicyclic) bond motifs is 1. The molecule has 0 saturated carbocycles. The molecule has 1 saturated heterocycles. The van der Waals surface area contributed by atoms with E-state index in [9.17, 15) is 27.2 Å². The van der Waals surface area contributed by atoms with Gasteiger partial charge in [-0.1, -0.05) is 0 Å². The summed E-state index contributed by atoms with van der Waals surface area (Å²) in [5, 5.41) is 3.19. The van der Waals surface area contributed by atoms with Crippen molar-refractivity contribution in [1.82, 2.24) is 9.21 Å². The first-order valence-corrected chi connectivity index (χ1v) is 13.1. The zero-order chi connectivity index (χ0) is 24.6. The van der Waals surface area contributed by atoms with Gasteiger partial charge >= 0.3 is 0 Å². The van der Waals surface area contributed by atoms with Crippen molar-refractivity contribution in [3.05, 3.63) is 46.1 Å². The average Bonchev–Trinajstić information content (AvgIpc) is 3.16. The summed E-state index contributed by atoms with van der Waals surface area (Å²) < 4.78 is 40.0. The number of carbonyl (C=O) groups excluding carboxylic acids is 3. The van der Waals surface area contributed by atoms with Gasteiger partial charge in [0.1, 0.15) is 10.8 Å². The molecular weight excluding hydrogens is 483 g/mol. The van der Waals surface area contributed by atoms with Crippen molar-refractivity contribution in [3.63, 3.8) is 0 Å². The number of primary amides is 1. The summed E-state index contributed by atoms with van der Waals surface area (Å²) in [6, 6.07) is 4.64. The summed E-state index contributed by atoms with van der Waals surface area (Å²) in [6.07, 6.45) is 1.10. The van der Waals surface area contributed by atoms with E-state index in [-0.39, 0.29) is 35.4 Å². The zero-order valence-corrected chi connectivity index (χ0v) is 20.2. The molecule has 2 aromatic rings. The van der Waals surface area contributed by atoms with Crippen molar-refractivity contribution in [1.29, 1.82) is 0 Å². The van der Waals surface area contributed by atoms with Gasteiger partial charge in [-0.05, 0) is 49.1 Å². The molecule has 3 N–H and O–H groups in total. The lowest BCUT2D eigenvalue weighted by atomic mass is 9.97. The van der Waals surface area contributed by atoms with Gasteiger partial charge in [-0.15, -0.1) is 11.3 Å². The monoisotopic (exact) mass is 508 g/mol. The maximum absolute atomic E-state index is 13.1. The Bertz CT molecular complexity index is 1230. The summed E-state index contributed by atoms with van der Waals surface area (Å²) >= 11 is 1.24. The molecule has 2 aliphatic rings. The molecule has 12 heteroatoms. The average molecular weight is 509 g/mol. The predicted molar refractivity (Wildman–Crippen MR) is 124 cm³/mol. The topological polar surface area (TPSA) is 130 Å². The molecule has 0 atom stereocenters. The number of rotatable bonds is 5. The van der Waals surface area contributed by atoms with Crippen LogP contribution in [-0.4, -0.2) is 55.0 Å². The van der Waals surface area contributed by atoms with Crippen LogP contribution in [0.15, 0.2) is 29.2 Å². The largest absolute Gasteiger partial charge is 0.365 e. The highest BCUT2D eigenvalue weighted by atomic mass is 32.2. The summed E-state index contributed by atoms with van der Waals surface area (Å²) in [6.45, 7) is 2.63. The molecule has 3 amide bonds. The van der Waals surface area contributed by atoms with Crippen LogP contribution in [0.4, 0.5) is 9.39 Å². The molecule has 0 unspecified atom stereocenters. The Labute approximate surface area is 200 Å². The molecule has 0 bridgehead atoms. The van der Waals surface area contributed by atoms with Crippen LogP contribution in [-0.2, 0) is 32.6 Å². The quantitative estimate of drug-likeness (QED) is 0.638. The number of nitrogens with two attached hydrogens (primary N) is 1. The summed E-state index contributed by atoms with van der Waals surface area (Å²) in [5.41, 5.74) is 6.66. The number of hydrogen-bond donors (Lipinski definition) is 2. The van der Waals surface area contributed by atoms with Crippen LogP contribution in [0.3, 0.4) is 0 Å². The van der Waals surface area contributed by atoms with Gasteiger partial charge in [-0.2, -0.15) is 4.31 Å². The van der Waals surface area contributed by atoms with Gasteiger partial charge in [-0.3, -0.25) is 14.4 Å². The number of carbonyl (C=O) groups is 3. The Balaban J connectivity index is 1.44. The van der Waals surface area contributed by atoms with E-state index < -0.39 is 27.7 Å². The molecule has 3 heterocycles. The molecule has 2 aliphatic heterocycles. The van der Waals surface area contributed by atoms with Crippen molar-refractivity contribution >= 4 is 44.1 Å². The van der Waals surface area contributed by atoms with Crippen molar-refractivity contribution in [3.8, 4) is 0 Å². The van der Waals surface area contributed by atoms with E-state index in [1.807, 2.05) is 0 Å². The zero-order valence-electron chi connectivity index (χ0n) is 18.5. The number of anilines is 1.